The van der Waals surface area contributed by atoms with E-state index in [1.807, 2.05) is 30.3 Å². The van der Waals surface area contributed by atoms with Gasteiger partial charge in [-0.3, -0.25) is 19.5 Å². The minimum absolute atomic E-state index is 0.0177. The van der Waals surface area contributed by atoms with Gasteiger partial charge in [0.2, 0.25) is 5.78 Å². The van der Waals surface area contributed by atoms with Crippen LogP contribution in [-0.4, -0.2) is 33.9 Å². The van der Waals surface area contributed by atoms with Crippen LogP contribution in [0.2, 0.25) is 0 Å². The highest BCUT2D eigenvalue weighted by molar-refractivity contribution is 7.17. The lowest BCUT2D eigenvalue weighted by atomic mass is 9.98. The number of ether oxygens (including phenoxy) is 1. The first-order chi connectivity index (χ1) is 17.0. The Morgan fingerprint density at radius 3 is 2.40 bits per heavy atom. The van der Waals surface area contributed by atoms with Gasteiger partial charge in [-0.1, -0.05) is 36.4 Å². The summed E-state index contributed by atoms with van der Waals surface area (Å²) in [5.41, 5.74) is 2.38. The second kappa shape index (κ2) is 9.15. The van der Waals surface area contributed by atoms with Crippen LogP contribution in [-0.2, 0) is 4.79 Å². The highest BCUT2D eigenvalue weighted by Crippen LogP contribution is 2.43. The van der Waals surface area contributed by atoms with Crippen LogP contribution in [0.1, 0.15) is 27.1 Å². The number of aliphatic hydroxyl groups is 1. The van der Waals surface area contributed by atoms with Crippen LogP contribution in [0, 0.1) is 6.92 Å². The minimum Gasteiger partial charge on any atom is -0.503 e. The molecule has 0 bridgehead atoms. The summed E-state index contributed by atoms with van der Waals surface area (Å²) in [6, 6.07) is 20.8. The van der Waals surface area contributed by atoms with Crippen molar-refractivity contribution in [2.75, 3.05) is 12.0 Å². The number of aromatic nitrogens is 2. The Hall–Kier alpha value is -4.30. The lowest BCUT2D eigenvalue weighted by Crippen LogP contribution is -2.31. The molecule has 0 aliphatic carbocycles. The Morgan fingerprint density at radius 2 is 1.74 bits per heavy atom. The molecule has 174 valence electrons. The van der Waals surface area contributed by atoms with Crippen molar-refractivity contribution in [1.82, 2.24) is 9.97 Å². The third-order valence-electron chi connectivity index (χ3n) is 5.79. The molecule has 1 aliphatic rings. The van der Waals surface area contributed by atoms with E-state index in [0.29, 0.717) is 32.7 Å². The van der Waals surface area contributed by atoms with E-state index in [-0.39, 0.29) is 5.57 Å². The quantitative estimate of drug-likeness (QED) is 0.374. The van der Waals surface area contributed by atoms with E-state index < -0.39 is 23.5 Å². The third-order valence-corrected chi connectivity index (χ3v) is 7.00. The predicted molar refractivity (Wildman–Crippen MR) is 134 cm³/mol. The first-order valence-electron chi connectivity index (χ1n) is 10.9. The summed E-state index contributed by atoms with van der Waals surface area (Å²) in [6.45, 7) is 1.75. The number of pyridine rings is 1. The first kappa shape index (κ1) is 22.5. The molecule has 1 unspecified atom stereocenters. The molecular weight excluding hydrogens is 462 g/mol. The molecule has 2 aromatic heterocycles. The molecule has 7 nitrogen and oxygen atoms in total. The fourth-order valence-corrected chi connectivity index (χ4v) is 5.12. The summed E-state index contributed by atoms with van der Waals surface area (Å²) in [5, 5.41) is 11.7. The highest BCUT2D eigenvalue weighted by atomic mass is 32.1. The van der Waals surface area contributed by atoms with E-state index in [1.54, 1.807) is 62.7 Å². The Bertz CT molecular complexity index is 1430. The van der Waals surface area contributed by atoms with Crippen molar-refractivity contribution < 1.29 is 19.4 Å². The molecule has 0 fully saturated rings. The molecule has 0 saturated carbocycles. The zero-order chi connectivity index (χ0) is 24.5. The highest BCUT2D eigenvalue weighted by Gasteiger charge is 2.46. The van der Waals surface area contributed by atoms with Gasteiger partial charge in [0, 0.05) is 17.4 Å². The van der Waals surface area contributed by atoms with Crippen molar-refractivity contribution in [3.05, 3.63) is 107 Å². The maximum absolute atomic E-state index is 13.9. The normalized spacial score (nSPS) is 15.5. The van der Waals surface area contributed by atoms with E-state index in [2.05, 4.69) is 9.97 Å². The fourth-order valence-electron chi connectivity index (χ4n) is 4.10. The SMILES string of the molecule is COc1ccc(N2C(=O)C(O)=C(C(=O)c3sc(-c4ccccc4)nc3C)C2c2ccccn2)cc1. The summed E-state index contributed by atoms with van der Waals surface area (Å²) >= 11 is 1.24. The monoisotopic (exact) mass is 483 g/mol. The second-order valence-corrected chi connectivity index (χ2v) is 8.92. The molecule has 4 aromatic rings. The van der Waals surface area contributed by atoms with Crippen LogP contribution in [0.15, 0.2) is 90.3 Å². The van der Waals surface area contributed by atoms with Gasteiger partial charge in [-0.25, -0.2) is 4.98 Å². The number of carbonyl (C=O) groups excluding carboxylic acids is 2. The van der Waals surface area contributed by atoms with Gasteiger partial charge in [-0.05, 0) is 43.3 Å². The second-order valence-electron chi connectivity index (χ2n) is 7.92. The number of rotatable bonds is 6. The first-order valence-corrected chi connectivity index (χ1v) is 11.7. The number of carbonyl (C=O) groups is 2. The Morgan fingerprint density at radius 1 is 1.03 bits per heavy atom. The summed E-state index contributed by atoms with van der Waals surface area (Å²) in [7, 11) is 1.55. The molecular formula is C27H21N3O4S. The van der Waals surface area contributed by atoms with Crippen LogP contribution in [0.5, 0.6) is 5.75 Å². The molecule has 1 atom stereocenters. The van der Waals surface area contributed by atoms with Crippen molar-refractivity contribution in [3.63, 3.8) is 0 Å². The van der Waals surface area contributed by atoms with Crippen molar-refractivity contribution >= 4 is 28.7 Å². The topological polar surface area (TPSA) is 92.6 Å². The maximum atomic E-state index is 13.9. The molecule has 1 aliphatic heterocycles. The summed E-state index contributed by atoms with van der Waals surface area (Å²) in [6.07, 6.45) is 1.59. The predicted octanol–water partition coefficient (Wildman–Crippen LogP) is 5.31. The number of aryl methyl sites for hydroxylation is 1. The number of hydrogen-bond acceptors (Lipinski definition) is 7. The average molecular weight is 484 g/mol. The van der Waals surface area contributed by atoms with Crippen molar-refractivity contribution in [2.45, 2.75) is 13.0 Å². The smallest absolute Gasteiger partial charge is 0.294 e. The number of methoxy groups -OCH3 is 1. The third kappa shape index (κ3) is 3.98. The van der Waals surface area contributed by atoms with Crippen molar-refractivity contribution in [3.8, 4) is 16.3 Å². The fraction of sp³-hybridized carbons (Fsp3) is 0.111. The lowest BCUT2D eigenvalue weighted by molar-refractivity contribution is -0.117. The minimum atomic E-state index is -0.897. The standard InChI is InChI=1S/C27H21N3O4S/c1-16-25(35-26(29-16)17-8-4-3-5-9-17)23(31)21-22(20-10-6-7-15-28-20)30(27(33)24(21)32)18-11-13-19(34-2)14-12-18/h3-15,22,32H,1-2H3. The zero-order valence-corrected chi connectivity index (χ0v) is 19.8. The van der Waals surface area contributed by atoms with Crippen molar-refractivity contribution in [1.29, 1.82) is 0 Å². The van der Waals surface area contributed by atoms with Gasteiger partial charge >= 0.3 is 0 Å². The number of nitrogens with zero attached hydrogens (tertiary/aromatic N) is 3. The van der Waals surface area contributed by atoms with Crippen LogP contribution in [0.25, 0.3) is 10.6 Å². The van der Waals surface area contributed by atoms with E-state index in [0.717, 1.165) is 5.56 Å². The van der Waals surface area contributed by atoms with Crippen LogP contribution in [0.4, 0.5) is 5.69 Å². The number of thiazole rings is 1. The van der Waals surface area contributed by atoms with Gasteiger partial charge in [0.15, 0.2) is 5.76 Å². The molecule has 8 heteroatoms. The number of Topliss-reactive ketones (excluding diaryl/α,β-unsaturated/α-hetero) is 1. The largest absolute Gasteiger partial charge is 0.503 e. The van der Waals surface area contributed by atoms with E-state index in [4.69, 9.17) is 4.74 Å². The Kier molecular flexibility index (Phi) is 5.88. The molecule has 0 saturated heterocycles. The molecule has 35 heavy (non-hydrogen) atoms. The number of ketones is 1. The number of aliphatic hydroxyl groups excluding tert-OH is 1. The number of hydrogen-bond donors (Lipinski definition) is 1. The molecule has 5 rings (SSSR count). The van der Waals surface area contributed by atoms with Gasteiger partial charge in [-0.2, -0.15) is 0 Å². The van der Waals surface area contributed by atoms with Gasteiger partial charge in [0.1, 0.15) is 16.8 Å². The number of amides is 1. The molecule has 0 spiro atoms. The number of anilines is 1. The van der Waals surface area contributed by atoms with Gasteiger partial charge in [0.25, 0.3) is 5.91 Å². The van der Waals surface area contributed by atoms with Gasteiger partial charge in [0.05, 0.1) is 28.9 Å². The van der Waals surface area contributed by atoms with Crippen LogP contribution < -0.4 is 9.64 Å². The molecule has 2 aromatic carbocycles. The van der Waals surface area contributed by atoms with Crippen LogP contribution >= 0.6 is 11.3 Å². The lowest BCUT2D eigenvalue weighted by Gasteiger charge is -2.26. The van der Waals surface area contributed by atoms with Gasteiger partial charge < -0.3 is 9.84 Å². The number of benzene rings is 2. The molecule has 3 heterocycles. The molecule has 1 N–H and O–H groups in total. The van der Waals surface area contributed by atoms with Crippen LogP contribution in [0.3, 0.4) is 0 Å². The van der Waals surface area contributed by atoms with E-state index >= 15 is 0 Å². The van der Waals surface area contributed by atoms with Gasteiger partial charge in [-0.15, -0.1) is 11.3 Å². The van der Waals surface area contributed by atoms with E-state index in [9.17, 15) is 14.7 Å². The summed E-state index contributed by atoms with van der Waals surface area (Å²) < 4.78 is 5.23. The zero-order valence-electron chi connectivity index (χ0n) is 19.0. The van der Waals surface area contributed by atoms with E-state index in [1.165, 1.54) is 16.2 Å². The average Bonchev–Trinajstić information content (AvgIpc) is 3.42. The summed E-state index contributed by atoms with van der Waals surface area (Å²) in [5.74, 6) is -1.08. The summed E-state index contributed by atoms with van der Waals surface area (Å²) in [4.78, 5) is 37.9. The Balaban J connectivity index is 1.61. The Labute approximate surface area is 206 Å². The maximum Gasteiger partial charge on any atom is 0.294 e. The molecule has 0 radical (unpaired) electrons. The molecule has 1 amide bonds. The van der Waals surface area contributed by atoms with Crippen molar-refractivity contribution in [2.24, 2.45) is 0 Å².